The molecule has 140 valence electrons. The van der Waals surface area contributed by atoms with Crippen LogP contribution in [0, 0.1) is 0 Å². The van der Waals surface area contributed by atoms with Gasteiger partial charge in [-0.1, -0.05) is 72.8 Å². The van der Waals surface area contributed by atoms with Crippen LogP contribution in [0.3, 0.4) is 0 Å². The standard InChI is InChI=1S/2C13H9.2ClH.Ti/c2*1-3-7-12-10(5-1)9-11-6-2-4-8-13(11)12;;;/h2*1-9H;2*1H;/q2*-1;;;+4/p-2. The van der Waals surface area contributed by atoms with E-state index in [-0.39, 0.29) is 46.5 Å². The zero-order valence-electron chi connectivity index (χ0n) is 15.6. The van der Waals surface area contributed by atoms with Crippen LogP contribution in [-0.4, -0.2) is 0 Å². The average molecular weight is 449 g/mol. The van der Waals surface area contributed by atoms with Crippen molar-refractivity contribution in [1.29, 1.82) is 0 Å². The van der Waals surface area contributed by atoms with Gasteiger partial charge in [-0.2, -0.15) is 0 Å². The summed E-state index contributed by atoms with van der Waals surface area (Å²) in [6, 6.07) is 38.5. The monoisotopic (exact) mass is 448 g/mol. The van der Waals surface area contributed by atoms with E-state index in [1.165, 1.54) is 43.1 Å². The summed E-state index contributed by atoms with van der Waals surface area (Å²) in [7, 11) is 0. The van der Waals surface area contributed by atoms with E-state index in [2.05, 4.69) is 109 Å². The fraction of sp³-hybridized carbons (Fsp3) is 0. The van der Waals surface area contributed by atoms with Crippen LogP contribution >= 0.6 is 0 Å². The molecule has 0 fully saturated rings. The molecule has 0 heterocycles. The van der Waals surface area contributed by atoms with Gasteiger partial charge in [0, 0.05) is 0 Å². The molecule has 0 amide bonds. The fourth-order valence-corrected chi connectivity index (χ4v) is 3.81. The summed E-state index contributed by atoms with van der Waals surface area (Å²) in [6.45, 7) is 0. The van der Waals surface area contributed by atoms with E-state index in [9.17, 15) is 0 Å². The molecule has 0 saturated heterocycles. The molecule has 0 aromatic heterocycles. The summed E-state index contributed by atoms with van der Waals surface area (Å²) in [5.41, 5.74) is 0. The van der Waals surface area contributed by atoms with Gasteiger partial charge in [-0.25, -0.2) is 0 Å². The maximum absolute atomic E-state index is 2.24. The Kier molecular flexibility index (Phi) is 8.08. The molecule has 0 saturated carbocycles. The van der Waals surface area contributed by atoms with Crippen LogP contribution in [-0.2, 0) is 21.7 Å². The maximum Gasteiger partial charge on any atom is 4.00 e. The number of benzene rings is 4. The Bertz CT molecular complexity index is 1140. The van der Waals surface area contributed by atoms with Gasteiger partial charge in [0.05, 0.1) is 0 Å². The van der Waals surface area contributed by atoms with Crippen LogP contribution in [0.25, 0.3) is 43.1 Å². The minimum absolute atomic E-state index is 0. The molecule has 0 nitrogen and oxygen atoms in total. The Morgan fingerprint density at radius 1 is 0.345 bits per heavy atom. The van der Waals surface area contributed by atoms with Crippen molar-refractivity contribution in [3.63, 3.8) is 0 Å². The second-order valence-corrected chi connectivity index (χ2v) is 6.64. The van der Waals surface area contributed by atoms with E-state index >= 15 is 0 Å². The third-order valence-corrected chi connectivity index (χ3v) is 5.05. The first-order valence-corrected chi connectivity index (χ1v) is 8.96. The average Bonchev–Trinajstić information content (AvgIpc) is 3.27. The summed E-state index contributed by atoms with van der Waals surface area (Å²) < 4.78 is 0. The van der Waals surface area contributed by atoms with Gasteiger partial charge in [0.2, 0.25) is 0 Å². The van der Waals surface area contributed by atoms with Crippen molar-refractivity contribution in [2.45, 2.75) is 0 Å². The molecule has 0 aliphatic heterocycles. The van der Waals surface area contributed by atoms with Gasteiger partial charge < -0.3 is 24.8 Å². The summed E-state index contributed by atoms with van der Waals surface area (Å²) >= 11 is 0. The molecule has 0 spiro atoms. The summed E-state index contributed by atoms with van der Waals surface area (Å²) in [5.74, 6) is 0. The first-order valence-electron chi connectivity index (χ1n) is 8.96. The van der Waals surface area contributed by atoms with Crippen molar-refractivity contribution in [2.75, 3.05) is 0 Å². The van der Waals surface area contributed by atoms with E-state index in [1.807, 2.05) is 0 Å². The van der Waals surface area contributed by atoms with Crippen molar-refractivity contribution in [2.24, 2.45) is 0 Å². The molecule has 3 heteroatoms. The molecule has 0 bridgehead atoms. The van der Waals surface area contributed by atoms with Crippen LogP contribution in [0.5, 0.6) is 0 Å². The molecule has 0 unspecified atom stereocenters. The minimum atomic E-state index is 0. The third-order valence-electron chi connectivity index (χ3n) is 5.05. The molecular formula is C26H18Cl2Ti. The van der Waals surface area contributed by atoms with E-state index in [0.29, 0.717) is 0 Å². The van der Waals surface area contributed by atoms with Crippen LogP contribution in [0.4, 0.5) is 0 Å². The largest absolute Gasteiger partial charge is 4.00 e. The molecule has 0 N–H and O–H groups in total. The molecule has 6 aromatic rings. The normalized spacial score (nSPS) is 9.93. The molecule has 29 heavy (non-hydrogen) atoms. The molecule has 0 radical (unpaired) electrons. The van der Waals surface area contributed by atoms with Crippen molar-refractivity contribution in [3.8, 4) is 0 Å². The Morgan fingerprint density at radius 3 is 0.793 bits per heavy atom. The van der Waals surface area contributed by atoms with E-state index in [4.69, 9.17) is 0 Å². The zero-order chi connectivity index (χ0) is 17.3. The van der Waals surface area contributed by atoms with E-state index in [1.54, 1.807) is 0 Å². The Hall–Kier alpha value is -2.09. The van der Waals surface area contributed by atoms with Crippen molar-refractivity contribution >= 4 is 43.1 Å². The molecule has 6 rings (SSSR count). The van der Waals surface area contributed by atoms with Gasteiger partial charge in [0.1, 0.15) is 0 Å². The molecular weight excluding hydrogens is 431 g/mol. The van der Waals surface area contributed by atoms with E-state index < -0.39 is 0 Å². The van der Waals surface area contributed by atoms with Crippen LogP contribution in [0.1, 0.15) is 0 Å². The second-order valence-electron chi connectivity index (χ2n) is 6.64. The van der Waals surface area contributed by atoms with Gasteiger partial charge >= 0.3 is 21.7 Å². The Morgan fingerprint density at radius 2 is 0.552 bits per heavy atom. The minimum Gasteiger partial charge on any atom is -1.00 e. The summed E-state index contributed by atoms with van der Waals surface area (Å²) in [4.78, 5) is 0. The van der Waals surface area contributed by atoms with E-state index in [0.717, 1.165) is 0 Å². The zero-order valence-corrected chi connectivity index (χ0v) is 18.7. The van der Waals surface area contributed by atoms with Crippen LogP contribution in [0.2, 0.25) is 0 Å². The molecule has 0 aliphatic carbocycles. The number of fused-ring (bicyclic) bond motifs is 6. The first-order chi connectivity index (χ1) is 12.9. The Labute approximate surface area is 198 Å². The number of hydrogen-bond acceptors (Lipinski definition) is 0. The molecule has 0 aliphatic rings. The number of rotatable bonds is 0. The van der Waals surface area contributed by atoms with Gasteiger partial charge in [-0.3, -0.25) is 0 Å². The number of hydrogen-bond donors (Lipinski definition) is 0. The first kappa shape index (κ1) is 23.2. The van der Waals surface area contributed by atoms with Crippen molar-refractivity contribution < 1.29 is 46.5 Å². The predicted molar refractivity (Wildman–Crippen MR) is 114 cm³/mol. The fourth-order valence-electron chi connectivity index (χ4n) is 3.81. The van der Waals surface area contributed by atoms with Crippen molar-refractivity contribution in [3.05, 3.63) is 109 Å². The SMILES string of the molecule is [Cl-].[Cl-].[Ti+4].c1ccc2c(c1)[cH-]c1ccccc12.c1ccc2c(c1)[cH-]c1ccccc12. The van der Waals surface area contributed by atoms with Gasteiger partial charge in [0.15, 0.2) is 0 Å². The summed E-state index contributed by atoms with van der Waals surface area (Å²) in [5, 5.41) is 10.8. The van der Waals surface area contributed by atoms with Gasteiger partial charge in [0.25, 0.3) is 0 Å². The smallest absolute Gasteiger partial charge is 1.00 e. The van der Waals surface area contributed by atoms with Crippen LogP contribution in [0.15, 0.2) is 109 Å². The Balaban J connectivity index is 0.000000187. The van der Waals surface area contributed by atoms with Crippen molar-refractivity contribution in [1.82, 2.24) is 0 Å². The maximum atomic E-state index is 2.24. The summed E-state index contributed by atoms with van der Waals surface area (Å²) in [6.07, 6.45) is 0. The van der Waals surface area contributed by atoms with Gasteiger partial charge in [-0.05, 0) is 0 Å². The number of halogens is 2. The molecule has 6 aromatic carbocycles. The van der Waals surface area contributed by atoms with Crippen LogP contribution < -0.4 is 24.8 Å². The molecule has 0 atom stereocenters. The topological polar surface area (TPSA) is 0 Å². The van der Waals surface area contributed by atoms with Gasteiger partial charge in [-0.15, -0.1) is 79.5 Å². The quantitative estimate of drug-likeness (QED) is 0.243. The predicted octanol–water partition coefficient (Wildman–Crippen LogP) is 1.43. The second kappa shape index (κ2) is 10.1. The third kappa shape index (κ3) is 4.42.